The van der Waals surface area contributed by atoms with Gasteiger partial charge in [0, 0.05) is 5.57 Å². The summed E-state index contributed by atoms with van der Waals surface area (Å²) in [6, 6.07) is 15.2. The molecule has 178 valence electrons. The van der Waals surface area contributed by atoms with E-state index in [1.807, 2.05) is 48.5 Å². The first-order valence-corrected chi connectivity index (χ1v) is 11.7. The van der Waals surface area contributed by atoms with Crippen molar-refractivity contribution in [1.29, 1.82) is 0 Å². The highest BCUT2D eigenvalue weighted by molar-refractivity contribution is 5.86. The Morgan fingerprint density at radius 3 is 1.88 bits per heavy atom. The Hall–Kier alpha value is -3.15. The first-order chi connectivity index (χ1) is 16.0. The van der Waals surface area contributed by atoms with Crippen LogP contribution in [0.3, 0.4) is 0 Å². The fourth-order valence-electron chi connectivity index (χ4n) is 2.73. The van der Waals surface area contributed by atoms with Crippen molar-refractivity contribution < 1.29 is 19.0 Å². The first kappa shape index (κ1) is 26.1. The highest BCUT2D eigenvalue weighted by Crippen LogP contribution is 2.23. The molecule has 0 aliphatic heterocycles. The molecule has 0 saturated carbocycles. The number of esters is 1. The van der Waals surface area contributed by atoms with E-state index < -0.39 is 0 Å². The van der Waals surface area contributed by atoms with E-state index in [9.17, 15) is 4.79 Å². The predicted octanol–water partition coefficient (Wildman–Crippen LogP) is 7.59. The number of unbranched alkanes of at least 4 members (excludes halogenated alkanes) is 3. The fourth-order valence-corrected chi connectivity index (χ4v) is 2.73. The van der Waals surface area contributed by atoms with Gasteiger partial charge in [-0.15, -0.1) is 0 Å². The molecule has 1 atom stereocenters. The second-order valence-corrected chi connectivity index (χ2v) is 8.19. The molecule has 0 aliphatic carbocycles. The summed E-state index contributed by atoms with van der Waals surface area (Å²) in [5.41, 5.74) is 1.98. The molecule has 0 radical (unpaired) electrons. The zero-order chi connectivity index (χ0) is 23.9. The van der Waals surface area contributed by atoms with Crippen LogP contribution in [0.2, 0.25) is 0 Å². The molecular weight excluding hydrogens is 416 g/mol. The number of hydrogen-bond acceptors (Lipinski definition) is 6. The predicted molar refractivity (Wildman–Crippen MR) is 132 cm³/mol. The van der Waals surface area contributed by atoms with Gasteiger partial charge in [-0.1, -0.05) is 26.8 Å². The van der Waals surface area contributed by atoms with Crippen LogP contribution in [0.5, 0.6) is 11.5 Å². The van der Waals surface area contributed by atoms with Crippen LogP contribution in [0.1, 0.15) is 52.9 Å². The molecule has 33 heavy (non-hydrogen) atoms. The fraction of sp³-hybridized carbons (Fsp3) is 0.444. The van der Waals surface area contributed by atoms with Crippen LogP contribution < -0.4 is 9.47 Å². The van der Waals surface area contributed by atoms with Gasteiger partial charge in [-0.25, -0.2) is 4.79 Å². The van der Waals surface area contributed by atoms with Crippen molar-refractivity contribution in [2.45, 2.75) is 52.9 Å². The van der Waals surface area contributed by atoms with E-state index in [1.165, 1.54) is 0 Å². The molecule has 0 heterocycles. The number of carbonyl (C=O) groups excluding carboxylic acids is 1. The average molecular weight is 453 g/mol. The van der Waals surface area contributed by atoms with E-state index in [1.54, 1.807) is 6.92 Å². The van der Waals surface area contributed by atoms with Crippen LogP contribution in [0.4, 0.5) is 11.4 Å². The normalized spacial score (nSPS) is 11.8. The second-order valence-electron chi connectivity index (χ2n) is 8.19. The maximum absolute atomic E-state index is 11.3. The molecule has 2 aromatic rings. The van der Waals surface area contributed by atoms with Crippen LogP contribution in [0.25, 0.3) is 0 Å². The number of nitrogens with zero attached hydrogens (tertiary/aromatic N) is 2. The van der Waals surface area contributed by atoms with E-state index in [2.05, 4.69) is 30.7 Å². The first-order valence-electron chi connectivity index (χ1n) is 11.7. The van der Waals surface area contributed by atoms with Gasteiger partial charge in [-0.2, -0.15) is 10.2 Å². The monoisotopic (exact) mass is 452 g/mol. The van der Waals surface area contributed by atoms with Crippen molar-refractivity contribution >= 4 is 17.3 Å². The minimum Gasteiger partial charge on any atom is -0.494 e. The second kappa shape index (κ2) is 14.8. The number of carbonyl (C=O) groups is 1. The smallest absolute Gasteiger partial charge is 0.333 e. The van der Waals surface area contributed by atoms with Gasteiger partial charge in [0.15, 0.2) is 0 Å². The largest absolute Gasteiger partial charge is 0.494 e. The van der Waals surface area contributed by atoms with Gasteiger partial charge < -0.3 is 14.2 Å². The van der Waals surface area contributed by atoms with E-state index in [4.69, 9.17) is 14.2 Å². The molecule has 0 N–H and O–H groups in total. The number of azo groups is 1. The van der Waals surface area contributed by atoms with Gasteiger partial charge in [-0.3, -0.25) is 0 Å². The molecule has 0 fully saturated rings. The summed E-state index contributed by atoms with van der Waals surface area (Å²) >= 11 is 0. The quantitative estimate of drug-likeness (QED) is 0.121. The third-order valence-corrected chi connectivity index (χ3v) is 5.07. The van der Waals surface area contributed by atoms with Crippen LogP contribution in [-0.4, -0.2) is 25.8 Å². The molecule has 6 heteroatoms. The standard InChI is InChI=1S/C27H36N2O4/c1-5-22(4)20-33-26-16-12-24(13-17-26)29-28-23-10-14-25(15-11-23)31-18-8-6-7-9-19-32-27(30)21(2)3/h10-17,22H,2,5-9,18-20H2,1,3-4H3/t22-/m1/s1. The van der Waals surface area contributed by atoms with E-state index >= 15 is 0 Å². The van der Waals surface area contributed by atoms with Gasteiger partial charge >= 0.3 is 5.97 Å². The lowest BCUT2D eigenvalue weighted by atomic mass is 10.1. The van der Waals surface area contributed by atoms with Gasteiger partial charge in [0.05, 0.1) is 31.2 Å². The Balaban J connectivity index is 1.64. The Labute approximate surface area is 197 Å². The lowest BCUT2D eigenvalue weighted by Crippen LogP contribution is -2.06. The maximum Gasteiger partial charge on any atom is 0.333 e. The maximum atomic E-state index is 11.3. The number of ether oxygens (including phenoxy) is 3. The minimum absolute atomic E-state index is 0.318. The molecule has 0 unspecified atom stereocenters. The molecule has 0 spiro atoms. The van der Waals surface area contributed by atoms with Crippen LogP contribution in [0, 0.1) is 5.92 Å². The zero-order valence-electron chi connectivity index (χ0n) is 20.1. The third kappa shape index (κ3) is 10.8. The topological polar surface area (TPSA) is 69.5 Å². The molecule has 2 aromatic carbocycles. The number of hydrogen-bond donors (Lipinski definition) is 0. The average Bonchev–Trinajstić information content (AvgIpc) is 2.83. The molecule has 6 nitrogen and oxygen atoms in total. The Morgan fingerprint density at radius 1 is 0.848 bits per heavy atom. The third-order valence-electron chi connectivity index (χ3n) is 5.07. The lowest BCUT2D eigenvalue weighted by molar-refractivity contribution is -0.139. The Bertz CT molecular complexity index is 876. The molecule has 2 rings (SSSR count). The SMILES string of the molecule is C=C(C)C(=O)OCCCCCCOc1ccc(N=Nc2ccc(OC[C@H](C)CC)cc2)cc1. The van der Waals surface area contributed by atoms with Crippen molar-refractivity contribution in [3.63, 3.8) is 0 Å². The highest BCUT2D eigenvalue weighted by atomic mass is 16.5. The summed E-state index contributed by atoms with van der Waals surface area (Å²) in [5.74, 6) is 1.89. The summed E-state index contributed by atoms with van der Waals surface area (Å²) in [5, 5.41) is 8.57. The van der Waals surface area contributed by atoms with Gasteiger partial charge in [0.2, 0.25) is 0 Å². The van der Waals surface area contributed by atoms with Gasteiger partial charge in [0.25, 0.3) is 0 Å². The van der Waals surface area contributed by atoms with Crippen molar-refractivity contribution in [3.8, 4) is 11.5 Å². The van der Waals surface area contributed by atoms with Crippen molar-refractivity contribution in [2.75, 3.05) is 19.8 Å². The summed E-state index contributed by atoms with van der Waals surface area (Å²) in [6.07, 6.45) is 4.93. The summed E-state index contributed by atoms with van der Waals surface area (Å²) in [7, 11) is 0. The molecular formula is C27H36N2O4. The lowest BCUT2D eigenvalue weighted by Gasteiger charge is -2.10. The van der Waals surface area contributed by atoms with Crippen LogP contribution in [-0.2, 0) is 9.53 Å². The van der Waals surface area contributed by atoms with Crippen LogP contribution >= 0.6 is 0 Å². The zero-order valence-corrected chi connectivity index (χ0v) is 20.1. The molecule has 0 bridgehead atoms. The molecule has 0 amide bonds. The van der Waals surface area contributed by atoms with Crippen molar-refractivity contribution in [1.82, 2.24) is 0 Å². The van der Waals surface area contributed by atoms with Gasteiger partial charge in [-0.05, 0) is 87.1 Å². The minimum atomic E-state index is -0.318. The molecule has 0 saturated heterocycles. The molecule has 0 aliphatic rings. The Morgan fingerprint density at radius 2 is 1.36 bits per heavy atom. The summed E-state index contributed by atoms with van der Waals surface area (Å²) < 4.78 is 16.6. The highest BCUT2D eigenvalue weighted by Gasteiger charge is 2.02. The van der Waals surface area contributed by atoms with Crippen molar-refractivity contribution in [2.24, 2.45) is 16.1 Å². The molecule has 0 aromatic heterocycles. The van der Waals surface area contributed by atoms with Crippen LogP contribution in [0.15, 0.2) is 70.9 Å². The van der Waals surface area contributed by atoms with Gasteiger partial charge in [0.1, 0.15) is 11.5 Å². The number of benzene rings is 2. The summed E-state index contributed by atoms with van der Waals surface area (Å²) in [4.78, 5) is 11.3. The van der Waals surface area contributed by atoms with Crippen molar-refractivity contribution in [3.05, 3.63) is 60.7 Å². The van der Waals surface area contributed by atoms with E-state index in [0.717, 1.165) is 61.6 Å². The van der Waals surface area contributed by atoms with E-state index in [-0.39, 0.29) is 5.97 Å². The summed E-state index contributed by atoms with van der Waals surface area (Å²) in [6.45, 7) is 11.4. The van der Waals surface area contributed by atoms with E-state index in [0.29, 0.717) is 24.7 Å². The number of rotatable bonds is 15. The Kier molecular flexibility index (Phi) is 11.7.